The molecule has 142 valence electrons. The molecule has 0 aliphatic carbocycles. The van der Waals surface area contributed by atoms with Gasteiger partial charge in [-0.3, -0.25) is 14.2 Å². The number of aromatic nitrogens is 2. The van der Waals surface area contributed by atoms with E-state index < -0.39 is 0 Å². The molecular formula is C22H20N2O2S2. The number of thioether (sulfide) groups is 2. The molecule has 28 heavy (non-hydrogen) atoms. The van der Waals surface area contributed by atoms with Crippen LogP contribution in [-0.2, 0) is 6.42 Å². The van der Waals surface area contributed by atoms with E-state index in [4.69, 9.17) is 4.98 Å². The molecule has 0 radical (unpaired) electrons. The first kappa shape index (κ1) is 19.0. The monoisotopic (exact) mass is 408 g/mol. The van der Waals surface area contributed by atoms with Gasteiger partial charge in [0.15, 0.2) is 10.9 Å². The molecule has 1 atom stereocenters. The Balaban J connectivity index is 1.72. The number of Topliss-reactive ketones (excluding diaryl/α,β-unsaturated/α-hetero) is 1. The van der Waals surface area contributed by atoms with Gasteiger partial charge in [0.2, 0.25) is 0 Å². The molecule has 4 rings (SSSR count). The van der Waals surface area contributed by atoms with Crippen molar-refractivity contribution < 1.29 is 4.79 Å². The molecule has 0 saturated carbocycles. The van der Waals surface area contributed by atoms with Crippen LogP contribution in [0, 0.1) is 6.92 Å². The number of rotatable bonds is 5. The van der Waals surface area contributed by atoms with Crippen LogP contribution in [0.4, 0.5) is 0 Å². The Hall–Kier alpha value is -2.31. The van der Waals surface area contributed by atoms with Crippen molar-refractivity contribution in [2.75, 3.05) is 5.75 Å². The average Bonchev–Trinajstić information content (AvgIpc) is 3.08. The normalized spacial score (nSPS) is 15.4. The summed E-state index contributed by atoms with van der Waals surface area (Å²) in [6.07, 6.45) is 0.782. The number of benzene rings is 2. The highest BCUT2D eigenvalue weighted by Crippen LogP contribution is 2.35. The standard InChI is InChI=1S/C22H20N2O2S2/c1-14-8-10-17(11-9-14)24-21(26)20-18(12-15(2)28-20)23-22(24)27-13-19(25)16-6-4-3-5-7-16/h3-11,15H,12-13H2,1-2H3/t15-/m1/s1. The summed E-state index contributed by atoms with van der Waals surface area (Å²) in [4.78, 5) is 31.3. The Kier molecular flexibility index (Phi) is 5.42. The Bertz CT molecular complexity index is 1080. The maximum absolute atomic E-state index is 13.2. The summed E-state index contributed by atoms with van der Waals surface area (Å²) < 4.78 is 1.65. The van der Waals surface area contributed by atoms with Crippen LogP contribution in [0.3, 0.4) is 0 Å². The minimum Gasteiger partial charge on any atom is -0.293 e. The van der Waals surface area contributed by atoms with E-state index in [1.54, 1.807) is 16.3 Å². The van der Waals surface area contributed by atoms with Gasteiger partial charge < -0.3 is 0 Å². The molecule has 0 spiro atoms. The fraction of sp³-hybridized carbons (Fsp3) is 0.227. The van der Waals surface area contributed by atoms with Crippen molar-refractivity contribution in [2.45, 2.75) is 35.6 Å². The second kappa shape index (κ2) is 7.97. The molecular weight excluding hydrogens is 388 g/mol. The number of aryl methyl sites for hydroxylation is 1. The van der Waals surface area contributed by atoms with Gasteiger partial charge in [-0.2, -0.15) is 0 Å². The number of nitrogens with zero attached hydrogens (tertiary/aromatic N) is 2. The molecule has 0 N–H and O–H groups in total. The zero-order valence-corrected chi connectivity index (χ0v) is 17.3. The quantitative estimate of drug-likeness (QED) is 0.352. The minimum absolute atomic E-state index is 0.0264. The van der Waals surface area contributed by atoms with Crippen LogP contribution >= 0.6 is 23.5 Å². The highest BCUT2D eigenvalue weighted by molar-refractivity contribution is 8.00. The number of hydrogen-bond acceptors (Lipinski definition) is 5. The van der Waals surface area contributed by atoms with E-state index in [0.29, 0.717) is 16.0 Å². The molecule has 2 heterocycles. The van der Waals surface area contributed by atoms with Crippen molar-refractivity contribution in [3.05, 3.63) is 81.8 Å². The summed E-state index contributed by atoms with van der Waals surface area (Å²) in [7, 11) is 0. The lowest BCUT2D eigenvalue weighted by Gasteiger charge is -2.13. The Morgan fingerprint density at radius 1 is 1.18 bits per heavy atom. The Morgan fingerprint density at radius 3 is 2.61 bits per heavy atom. The third-order valence-corrected chi connectivity index (χ3v) is 6.76. The number of hydrogen-bond donors (Lipinski definition) is 0. The summed E-state index contributed by atoms with van der Waals surface area (Å²) in [6.45, 7) is 4.12. The van der Waals surface area contributed by atoms with E-state index in [1.807, 2.05) is 61.5 Å². The van der Waals surface area contributed by atoms with Crippen molar-refractivity contribution in [1.82, 2.24) is 9.55 Å². The molecule has 3 aromatic rings. The van der Waals surface area contributed by atoms with Crippen LogP contribution in [0.15, 0.2) is 69.4 Å². The number of ketones is 1. The molecule has 0 fully saturated rings. The predicted molar refractivity (Wildman–Crippen MR) is 115 cm³/mol. The lowest BCUT2D eigenvalue weighted by atomic mass is 10.2. The zero-order valence-electron chi connectivity index (χ0n) is 15.7. The van der Waals surface area contributed by atoms with E-state index in [-0.39, 0.29) is 17.1 Å². The third kappa shape index (κ3) is 3.80. The highest BCUT2D eigenvalue weighted by Gasteiger charge is 2.27. The van der Waals surface area contributed by atoms with Crippen LogP contribution in [-0.4, -0.2) is 26.3 Å². The zero-order chi connectivity index (χ0) is 19.7. The van der Waals surface area contributed by atoms with E-state index in [2.05, 4.69) is 6.92 Å². The molecule has 1 aliphatic heterocycles. The number of fused-ring (bicyclic) bond motifs is 1. The van der Waals surface area contributed by atoms with Gasteiger partial charge >= 0.3 is 0 Å². The van der Waals surface area contributed by atoms with Crippen LogP contribution in [0.5, 0.6) is 0 Å². The van der Waals surface area contributed by atoms with E-state index in [9.17, 15) is 9.59 Å². The van der Waals surface area contributed by atoms with Gasteiger partial charge in [-0.1, -0.05) is 66.7 Å². The summed E-state index contributed by atoms with van der Waals surface area (Å²) in [5.74, 6) is 0.266. The Morgan fingerprint density at radius 2 is 1.89 bits per heavy atom. The van der Waals surface area contributed by atoms with Crippen LogP contribution < -0.4 is 5.56 Å². The van der Waals surface area contributed by atoms with Crippen LogP contribution in [0.2, 0.25) is 0 Å². The van der Waals surface area contributed by atoms with Crippen molar-refractivity contribution in [3.63, 3.8) is 0 Å². The topological polar surface area (TPSA) is 52.0 Å². The fourth-order valence-corrected chi connectivity index (χ4v) is 5.18. The molecule has 6 heteroatoms. The molecule has 2 aromatic carbocycles. The summed E-state index contributed by atoms with van der Waals surface area (Å²) in [5, 5.41) is 0.916. The first-order chi connectivity index (χ1) is 13.5. The smallest absolute Gasteiger partial charge is 0.272 e. The van der Waals surface area contributed by atoms with Gasteiger partial charge in [0.1, 0.15) is 0 Å². The summed E-state index contributed by atoms with van der Waals surface area (Å²) >= 11 is 2.91. The fourth-order valence-electron chi connectivity index (χ4n) is 3.16. The van der Waals surface area contributed by atoms with Crippen molar-refractivity contribution in [1.29, 1.82) is 0 Å². The second-order valence-corrected chi connectivity index (χ2v) is 9.25. The van der Waals surface area contributed by atoms with Crippen LogP contribution in [0.1, 0.15) is 28.5 Å². The van der Waals surface area contributed by atoms with Gasteiger partial charge in [0.05, 0.1) is 22.0 Å². The summed E-state index contributed by atoms with van der Waals surface area (Å²) in [6, 6.07) is 17.0. The highest BCUT2D eigenvalue weighted by atomic mass is 32.2. The minimum atomic E-state index is -0.0436. The largest absolute Gasteiger partial charge is 0.293 e. The number of carbonyl (C=O) groups is 1. The third-order valence-electron chi connectivity index (χ3n) is 4.60. The average molecular weight is 409 g/mol. The second-order valence-electron chi connectivity index (χ2n) is 6.86. The molecule has 0 saturated heterocycles. The van der Waals surface area contributed by atoms with Gasteiger partial charge in [0.25, 0.3) is 5.56 Å². The lowest BCUT2D eigenvalue weighted by Crippen LogP contribution is -2.24. The van der Waals surface area contributed by atoms with E-state index in [1.165, 1.54) is 11.8 Å². The molecule has 4 nitrogen and oxygen atoms in total. The lowest BCUT2D eigenvalue weighted by molar-refractivity contribution is 0.102. The Labute approximate surface area is 172 Å². The van der Waals surface area contributed by atoms with E-state index in [0.717, 1.165) is 28.3 Å². The molecule has 0 amide bonds. The van der Waals surface area contributed by atoms with Gasteiger partial charge in [-0.05, 0) is 19.1 Å². The van der Waals surface area contributed by atoms with Gasteiger partial charge in [0, 0.05) is 17.2 Å². The maximum Gasteiger partial charge on any atom is 0.272 e. The summed E-state index contributed by atoms with van der Waals surface area (Å²) in [5.41, 5.74) is 3.38. The van der Waals surface area contributed by atoms with Crippen molar-refractivity contribution >= 4 is 29.3 Å². The maximum atomic E-state index is 13.2. The first-order valence-corrected chi connectivity index (χ1v) is 11.0. The van der Waals surface area contributed by atoms with Gasteiger partial charge in [-0.25, -0.2) is 4.98 Å². The van der Waals surface area contributed by atoms with Gasteiger partial charge in [-0.15, -0.1) is 11.8 Å². The van der Waals surface area contributed by atoms with Crippen molar-refractivity contribution in [2.24, 2.45) is 0 Å². The molecule has 1 aromatic heterocycles. The van der Waals surface area contributed by atoms with E-state index >= 15 is 0 Å². The SMILES string of the molecule is Cc1ccc(-n2c(SCC(=O)c3ccccc3)nc3c(c2=O)S[C@H](C)C3)cc1. The number of carbonyl (C=O) groups excluding carboxylic acids is 1. The molecule has 0 bridgehead atoms. The first-order valence-electron chi connectivity index (χ1n) is 9.13. The molecule has 1 aliphatic rings. The molecule has 0 unspecified atom stereocenters. The van der Waals surface area contributed by atoms with Crippen LogP contribution in [0.25, 0.3) is 5.69 Å². The predicted octanol–water partition coefficient (Wildman–Crippen LogP) is 4.55. The van der Waals surface area contributed by atoms with Crippen molar-refractivity contribution in [3.8, 4) is 5.69 Å².